The molecular formula is C11H21NO4. The number of nitrogens with one attached hydrogen (secondary N) is 1. The Bertz CT molecular complexity index is 230. The van der Waals surface area contributed by atoms with Gasteiger partial charge in [-0.1, -0.05) is 6.92 Å². The number of carbonyl (C=O) groups is 2. The van der Waals surface area contributed by atoms with E-state index >= 15 is 0 Å². The molecule has 0 spiro atoms. The second kappa shape index (κ2) is 8.10. The Kier molecular flexibility index (Phi) is 7.54. The van der Waals surface area contributed by atoms with Crippen LogP contribution in [0.5, 0.6) is 0 Å². The van der Waals surface area contributed by atoms with Crippen LogP contribution >= 0.6 is 0 Å². The van der Waals surface area contributed by atoms with Gasteiger partial charge in [-0.05, 0) is 25.7 Å². The lowest BCUT2D eigenvalue weighted by Gasteiger charge is -2.19. The highest BCUT2D eigenvalue weighted by Crippen LogP contribution is 2.03. The molecule has 0 aliphatic heterocycles. The smallest absolute Gasteiger partial charge is 0.303 e. The molecule has 0 aromatic heterocycles. The molecular weight excluding hydrogens is 210 g/mol. The second-order valence-electron chi connectivity index (χ2n) is 4.12. The van der Waals surface area contributed by atoms with Gasteiger partial charge in [-0.3, -0.25) is 9.59 Å². The largest absolute Gasteiger partial charge is 0.481 e. The van der Waals surface area contributed by atoms with Crippen LogP contribution in [0.15, 0.2) is 0 Å². The predicted molar refractivity (Wildman–Crippen MR) is 60.0 cm³/mol. The molecule has 5 heteroatoms. The summed E-state index contributed by atoms with van der Waals surface area (Å²) in [4.78, 5) is 21.6. The van der Waals surface area contributed by atoms with Crippen molar-refractivity contribution in [2.24, 2.45) is 5.92 Å². The molecule has 0 aliphatic carbocycles. The zero-order valence-electron chi connectivity index (χ0n) is 9.90. The average molecular weight is 231 g/mol. The molecule has 0 bridgehead atoms. The molecule has 0 rings (SSSR count). The van der Waals surface area contributed by atoms with Crippen LogP contribution in [0.1, 0.15) is 39.5 Å². The van der Waals surface area contributed by atoms with Crippen molar-refractivity contribution in [3.63, 3.8) is 0 Å². The van der Waals surface area contributed by atoms with Crippen LogP contribution in [0.3, 0.4) is 0 Å². The Morgan fingerprint density at radius 3 is 2.25 bits per heavy atom. The summed E-state index contributed by atoms with van der Waals surface area (Å²) in [7, 11) is 0. The molecule has 3 N–H and O–H groups in total. The van der Waals surface area contributed by atoms with E-state index in [9.17, 15) is 9.59 Å². The van der Waals surface area contributed by atoms with E-state index in [1.165, 1.54) is 0 Å². The van der Waals surface area contributed by atoms with Crippen molar-refractivity contribution in [3.05, 3.63) is 0 Å². The highest BCUT2D eigenvalue weighted by molar-refractivity contribution is 5.76. The average Bonchev–Trinajstić information content (AvgIpc) is 2.22. The Hall–Kier alpha value is -1.10. The van der Waals surface area contributed by atoms with Crippen molar-refractivity contribution in [3.8, 4) is 0 Å². The van der Waals surface area contributed by atoms with Gasteiger partial charge in [-0.15, -0.1) is 0 Å². The van der Waals surface area contributed by atoms with Gasteiger partial charge in [0.2, 0.25) is 5.91 Å². The van der Waals surface area contributed by atoms with Crippen LogP contribution in [0.2, 0.25) is 0 Å². The van der Waals surface area contributed by atoms with Gasteiger partial charge in [0.05, 0.1) is 0 Å². The normalized spacial score (nSPS) is 14.2. The number of rotatable bonds is 8. The summed E-state index contributed by atoms with van der Waals surface area (Å²) in [6, 6.07) is -0.0584. The van der Waals surface area contributed by atoms with Gasteiger partial charge in [-0.2, -0.15) is 0 Å². The first-order valence-corrected chi connectivity index (χ1v) is 5.59. The molecule has 16 heavy (non-hydrogen) atoms. The van der Waals surface area contributed by atoms with Crippen molar-refractivity contribution in [1.29, 1.82) is 0 Å². The Morgan fingerprint density at radius 2 is 1.75 bits per heavy atom. The van der Waals surface area contributed by atoms with Crippen LogP contribution in [-0.2, 0) is 9.59 Å². The highest BCUT2D eigenvalue weighted by atomic mass is 16.4. The molecule has 2 atom stereocenters. The maximum Gasteiger partial charge on any atom is 0.303 e. The van der Waals surface area contributed by atoms with E-state index in [2.05, 4.69) is 5.32 Å². The minimum atomic E-state index is -0.831. The van der Waals surface area contributed by atoms with E-state index in [4.69, 9.17) is 10.2 Å². The van der Waals surface area contributed by atoms with Gasteiger partial charge in [0.15, 0.2) is 0 Å². The van der Waals surface area contributed by atoms with Crippen LogP contribution in [0, 0.1) is 5.92 Å². The summed E-state index contributed by atoms with van der Waals surface area (Å²) in [5.41, 5.74) is 0. The van der Waals surface area contributed by atoms with Gasteiger partial charge < -0.3 is 15.5 Å². The van der Waals surface area contributed by atoms with Gasteiger partial charge >= 0.3 is 5.97 Å². The van der Waals surface area contributed by atoms with Gasteiger partial charge in [-0.25, -0.2) is 0 Å². The number of amides is 1. The van der Waals surface area contributed by atoms with Crippen molar-refractivity contribution in [2.75, 3.05) is 6.61 Å². The van der Waals surface area contributed by atoms with E-state index in [0.717, 1.165) is 0 Å². The van der Waals surface area contributed by atoms with Crippen molar-refractivity contribution < 1.29 is 19.8 Å². The van der Waals surface area contributed by atoms with E-state index in [1.54, 1.807) is 0 Å². The molecule has 0 saturated carbocycles. The Morgan fingerprint density at radius 1 is 1.19 bits per heavy atom. The molecule has 94 valence electrons. The fourth-order valence-corrected chi connectivity index (χ4v) is 1.19. The lowest BCUT2D eigenvalue weighted by atomic mass is 10.0. The monoisotopic (exact) mass is 231 g/mol. The zero-order valence-corrected chi connectivity index (χ0v) is 9.90. The van der Waals surface area contributed by atoms with Crippen molar-refractivity contribution in [1.82, 2.24) is 5.32 Å². The predicted octanol–water partition coefficient (Wildman–Crippen LogP) is 0.764. The lowest BCUT2D eigenvalue weighted by Crippen LogP contribution is -2.38. The molecule has 0 radical (unpaired) electrons. The summed E-state index contributed by atoms with van der Waals surface area (Å²) in [6.07, 6.45) is 1.55. The number of hydrogen-bond acceptors (Lipinski definition) is 3. The van der Waals surface area contributed by atoms with Gasteiger partial charge in [0.25, 0.3) is 0 Å². The maximum atomic E-state index is 11.4. The van der Waals surface area contributed by atoms with Gasteiger partial charge in [0.1, 0.15) is 0 Å². The molecule has 5 nitrogen and oxygen atoms in total. The van der Waals surface area contributed by atoms with Crippen LogP contribution in [0.4, 0.5) is 0 Å². The topological polar surface area (TPSA) is 86.6 Å². The van der Waals surface area contributed by atoms with E-state index in [-0.39, 0.29) is 30.9 Å². The number of carboxylic acids is 1. The molecule has 0 heterocycles. The summed E-state index contributed by atoms with van der Waals surface area (Å²) in [5.74, 6) is -0.885. The van der Waals surface area contributed by atoms with Crippen molar-refractivity contribution in [2.45, 2.75) is 45.6 Å². The van der Waals surface area contributed by atoms with Crippen LogP contribution < -0.4 is 5.32 Å². The number of aliphatic hydroxyl groups excluding tert-OH is 1. The number of aliphatic carboxylic acids is 1. The molecule has 2 unspecified atom stereocenters. The van der Waals surface area contributed by atoms with Crippen molar-refractivity contribution >= 4 is 11.9 Å². The minimum Gasteiger partial charge on any atom is -0.481 e. The highest BCUT2D eigenvalue weighted by Gasteiger charge is 2.13. The number of unbranched alkanes of at least 4 members (excludes halogenated alkanes) is 1. The fourth-order valence-electron chi connectivity index (χ4n) is 1.19. The van der Waals surface area contributed by atoms with E-state index in [0.29, 0.717) is 19.3 Å². The standard InChI is InChI=1S/C11H21NO4/c1-8(7-13)9(2)12-10(14)5-3-4-6-11(15)16/h8-9,13H,3-7H2,1-2H3,(H,12,14)(H,15,16). The van der Waals surface area contributed by atoms with Gasteiger partial charge in [0, 0.05) is 25.5 Å². The summed E-state index contributed by atoms with van der Waals surface area (Å²) < 4.78 is 0. The third kappa shape index (κ3) is 7.23. The molecule has 0 aromatic rings. The third-order valence-electron chi connectivity index (χ3n) is 2.57. The summed E-state index contributed by atoms with van der Waals surface area (Å²) >= 11 is 0. The van der Waals surface area contributed by atoms with E-state index in [1.807, 2.05) is 13.8 Å². The summed E-state index contributed by atoms with van der Waals surface area (Å²) in [5, 5.41) is 20.0. The molecule has 0 fully saturated rings. The maximum absolute atomic E-state index is 11.4. The number of carboxylic acid groups (broad SMARTS) is 1. The first kappa shape index (κ1) is 14.9. The Labute approximate surface area is 95.9 Å². The minimum absolute atomic E-state index is 0.0305. The first-order valence-electron chi connectivity index (χ1n) is 5.59. The number of hydrogen-bond donors (Lipinski definition) is 3. The third-order valence-corrected chi connectivity index (χ3v) is 2.57. The zero-order chi connectivity index (χ0) is 12.6. The summed E-state index contributed by atoms with van der Waals surface area (Å²) in [6.45, 7) is 3.74. The van der Waals surface area contributed by atoms with Crippen LogP contribution in [-0.4, -0.2) is 34.7 Å². The number of aliphatic hydroxyl groups is 1. The quantitative estimate of drug-likeness (QED) is 0.538. The molecule has 0 saturated heterocycles. The van der Waals surface area contributed by atoms with Crippen LogP contribution in [0.25, 0.3) is 0 Å². The number of carbonyl (C=O) groups excluding carboxylic acids is 1. The second-order valence-corrected chi connectivity index (χ2v) is 4.12. The lowest BCUT2D eigenvalue weighted by molar-refractivity contribution is -0.137. The fraction of sp³-hybridized carbons (Fsp3) is 0.818. The Balaban J connectivity index is 3.62. The van der Waals surface area contributed by atoms with E-state index < -0.39 is 5.97 Å². The molecule has 0 aromatic carbocycles. The molecule has 1 amide bonds. The molecule has 0 aliphatic rings. The SMILES string of the molecule is CC(CO)C(C)NC(=O)CCCCC(=O)O. The first-order chi connectivity index (χ1) is 7.47.